The van der Waals surface area contributed by atoms with Crippen LogP contribution < -0.4 is 16.4 Å². The summed E-state index contributed by atoms with van der Waals surface area (Å²) in [5, 5.41) is 14.9. The number of anilines is 1. The van der Waals surface area contributed by atoms with Crippen molar-refractivity contribution in [3.05, 3.63) is 65.2 Å². The molecule has 35 heavy (non-hydrogen) atoms. The normalized spacial score (nSPS) is 21.8. The van der Waals surface area contributed by atoms with Crippen molar-refractivity contribution in [1.29, 1.82) is 5.26 Å². The second-order valence-corrected chi connectivity index (χ2v) is 9.17. The van der Waals surface area contributed by atoms with Gasteiger partial charge in [0.2, 0.25) is 0 Å². The van der Waals surface area contributed by atoms with Crippen molar-refractivity contribution >= 4 is 23.5 Å². The van der Waals surface area contributed by atoms with Crippen molar-refractivity contribution < 1.29 is 14.4 Å². The third kappa shape index (κ3) is 5.61. The van der Waals surface area contributed by atoms with Gasteiger partial charge in [0.05, 0.1) is 11.6 Å². The van der Waals surface area contributed by atoms with Gasteiger partial charge in [0.25, 0.3) is 11.8 Å². The lowest BCUT2D eigenvalue weighted by atomic mass is 9.92. The molecule has 2 aromatic carbocycles. The van der Waals surface area contributed by atoms with Crippen LogP contribution >= 0.6 is 0 Å². The lowest BCUT2D eigenvalue weighted by Gasteiger charge is -2.32. The van der Waals surface area contributed by atoms with Gasteiger partial charge in [0.1, 0.15) is 0 Å². The van der Waals surface area contributed by atoms with E-state index in [1.807, 2.05) is 31.2 Å². The van der Waals surface area contributed by atoms with E-state index in [9.17, 15) is 14.4 Å². The first-order chi connectivity index (χ1) is 16.9. The standard InChI is InChI=1S/C26H30N6O3/c1-17-3-2-4-22(15-17)30-26(35)32-14-13-31(25(34)19-7-5-18(16-27)6-8-19)24(32)23(33)29-21-11-9-20(28)10-12-21/h2-8,15,20-21,24H,9-14,28H2,1H3,(H,29,33)(H,30,35). The van der Waals surface area contributed by atoms with Gasteiger partial charge in [-0.3, -0.25) is 14.5 Å². The summed E-state index contributed by atoms with van der Waals surface area (Å²) in [6.07, 6.45) is 2.08. The molecule has 0 bridgehead atoms. The number of nitrogens with two attached hydrogens (primary N) is 1. The van der Waals surface area contributed by atoms with E-state index in [0.717, 1.165) is 31.2 Å². The summed E-state index contributed by atoms with van der Waals surface area (Å²) in [6.45, 7) is 2.36. The maximum absolute atomic E-state index is 13.5. The molecule has 4 rings (SSSR count). The number of nitrogens with zero attached hydrogens (tertiary/aromatic N) is 3. The zero-order valence-corrected chi connectivity index (χ0v) is 19.7. The zero-order chi connectivity index (χ0) is 24.9. The number of urea groups is 1. The monoisotopic (exact) mass is 474 g/mol. The smallest absolute Gasteiger partial charge is 0.323 e. The number of hydrogen-bond donors (Lipinski definition) is 3. The molecule has 1 saturated carbocycles. The molecule has 182 valence electrons. The number of hydrogen-bond acceptors (Lipinski definition) is 5. The number of nitriles is 1. The number of nitrogens with one attached hydrogen (secondary N) is 2. The van der Waals surface area contributed by atoms with Crippen LogP contribution in [-0.2, 0) is 4.79 Å². The highest BCUT2D eigenvalue weighted by atomic mass is 16.2. The molecule has 1 saturated heterocycles. The molecule has 4 N–H and O–H groups in total. The molecule has 1 heterocycles. The average Bonchev–Trinajstić information content (AvgIpc) is 3.31. The summed E-state index contributed by atoms with van der Waals surface area (Å²) < 4.78 is 0. The molecule has 1 atom stereocenters. The van der Waals surface area contributed by atoms with Crippen LogP contribution in [0.3, 0.4) is 0 Å². The minimum Gasteiger partial charge on any atom is -0.350 e. The average molecular weight is 475 g/mol. The molecule has 2 fully saturated rings. The lowest BCUT2D eigenvalue weighted by Crippen LogP contribution is -2.56. The van der Waals surface area contributed by atoms with Gasteiger partial charge in [0, 0.05) is 36.4 Å². The Morgan fingerprint density at radius 2 is 1.69 bits per heavy atom. The van der Waals surface area contributed by atoms with Crippen LogP contribution in [-0.4, -0.2) is 59.0 Å². The summed E-state index contributed by atoms with van der Waals surface area (Å²) in [4.78, 5) is 42.8. The topological polar surface area (TPSA) is 132 Å². The van der Waals surface area contributed by atoms with Gasteiger partial charge in [-0.15, -0.1) is 0 Å². The summed E-state index contributed by atoms with van der Waals surface area (Å²) in [5.74, 6) is -0.754. The third-order valence-corrected chi connectivity index (χ3v) is 6.58. The van der Waals surface area contributed by atoms with E-state index in [4.69, 9.17) is 11.0 Å². The van der Waals surface area contributed by atoms with E-state index in [-0.39, 0.29) is 37.0 Å². The number of benzene rings is 2. The second-order valence-electron chi connectivity index (χ2n) is 9.17. The van der Waals surface area contributed by atoms with Gasteiger partial charge < -0.3 is 21.3 Å². The Kier molecular flexibility index (Phi) is 7.32. The predicted octanol–water partition coefficient (Wildman–Crippen LogP) is 2.57. The Hall–Kier alpha value is -3.90. The fraction of sp³-hybridized carbons (Fsp3) is 0.385. The van der Waals surface area contributed by atoms with E-state index < -0.39 is 12.2 Å². The Bertz CT molecular complexity index is 1130. The summed E-state index contributed by atoms with van der Waals surface area (Å²) >= 11 is 0. The van der Waals surface area contributed by atoms with Gasteiger partial charge >= 0.3 is 6.03 Å². The molecule has 1 unspecified atom stereocenters. The lowest BCUT2D eigenvalue weighted by molar-refractivity contribution is -0.128. The quantitative estimate of drug-likeness (QED) is 0.627. The Morgan fingerprint density at radius 1 is 1.00 bits per heavy atom. The molecule has 1 aliphatic carbocycles. The Labute approximate surface area is 204 Å². The van der Waals surface area contributed by atoms with Crippen LogP contribution in [0, 0.1) is 18.3 Å². The van der Waals surface area contributed by atoms with E-state index in [0.29, 0.717) is 16.8 Å². The second kappa shape index (κ2) is 10.6. The van der Waals surface area contributed by atoms with Crippen molar-refractivity contribution in [1.82, 2.24) is 15.1 Å². The Balaban J connectivity index is 1.56. The fourth-order valence-electron chi connectivity index (χ4n) is 4.65. The van der Waals surface area contributed by atoms with Crippen LogP contribution in [0.15, 0.2) is 48.5 Å². The van der Waals surface area contributed by atoms with Crippen LogP contribution in [0.5, 0.6) is 0 Å². The van der Waals surface area contributed by atoms with Gasteiger partial charge in [-0.1, -0.05) is 12.1 Å². The summed E-state index contributed by atoms with van der Waals surface area (Å²) in [6, 6.07) is 15.3. The maximum atomic E-state index is 13.5. The number of aryl methyl sites for hydroxylation is 1. The van der Waals surface area contributed by atoms with Crippen LogP contribution in [0.1, 0.15) is 47.2 Å². The van der Waals surface area contributed by atoms with Gasteiger partial charge in [0.15, 0.2) is 6.17 Å². The first-order valence-corrected chi connectivity index (χ1v) is 11.9. The van der Waals surface area contributed by atoms with Gasteiger partial charge in [-0.05, 0) is 74.6 Å². The molecule has 0 aromatic heterocycles. The van der Waals surface area contributed by atoms with Crippen molar-refractivity contribution in [3.8, 4) is 6.07 Å². The molecular weight excluding hydrogens is 444 g/mol. The largest absolute Gasteiger partial charge is 0.350 e. The highest BCUT2D eigenvalue weighted by Crippen LogP contribution is 2.23. The third-order valence-electron chi connectivity index (χ3n) is 6.58. The first kappa shape index (κ1) is 24.2. The highest BCUT2D eigenvalue weighted by Gasteiger charge is 2.43. The molecule has 2 aromatic rings. The summed E-state index contributed by atoms with van der Waals surface area (Å²) in [5.41, 5.74) is 8.40. The van der Waals surface area contributed by atoms with Gasteiger partial charge in [-0.25, -0.2) is 4.79 Å². The predicted molar refractivity (Wildman–Crippen MR) is 131 cm³/mol. The number of rotatable bonds is 4. The van der Waals surface area contributed by atoms with Crippen LogP contribution in [0.4, 0.5) is 10.5 Å². The fourth-order valence-corrected chi connectivity index (χ4v) is 4.65. The Morgan fingerprint density at radius 3 is 2.34 bits per heavy atom. The minimum atomic E-state index is -1.08. The van der Waals surface area contributed by atoms with Crippen LogP contribution in [0.2, 0.25) is 0 Å². The van der Waals surface area contributed by atoms with E-state index in [1.165, 1.54) is 9.80 Å². The highest BCUT2D eigenvalue weighted by molar-refractivity contribution is 6.00. The maximum Gasteiger partial charge on any atom is 0.323 e. The molecular formula is C26H30N6O3. The molecule has 0 radical (unpaired) electrons. The molecule has 9 heteroatoms. The number of amides is 4. The van der Waals surface area contributed by atoms with Crippen molar-refractivity contribution in [2.75, 3.05) is 18.4 Å². The SMILES string of the molecule is Cc1cccc(NC(=O)N2CCN(C(=O)c3ccc(C#N)cc3)C2C(=O)NC2CCC(N)CC2)c1. The molecule has 1 aliphatic heterocycles. The minimum absolute atomic E-state index is 0.0450. The zero-order valence-electron chi connectivity index (χ0n) is 19.7. The molecule has 9 nitrogen and oxygen atoms in total. The first-order valence-electron chi connectivity index (χ1n) is 11.9. The van der Waals surface area contributed by atoms with Gasteiger partial charge in [-0.2, -0.15) is 5.26 Å². The van der Waals surface area contributed by atoms with E-state index >= 15 is 0 Å². The summed E-state index contributed by atoms with van der Waals surface area (Å²) in [7, 11) is 0. The van der Waals surface area contributed by atoms with Crippen molar-refractivity contribution in [2.45, 2.75) is 50.9 Å². The molecule has 2 aliphatic rings. The number of carbonyl (C=O) groups excluding carboxylic acids is 3. The number of carbonyl (C=O) groups is 3. The molecule has 0 spiro atoms. The van der Waals surface area contributed by atoms with E-state index in [2.05, 4.69) is 10.6 Å². The van der Waals surface area contributed by atoms with Crippen molar-refractivity contribution in [3.63, 3.8) is 0 Å². The van der Waals surface area contributed by atoms with Crippen LogP contribution in [0.25, 0.3) is 0 Å². The van der Waals surface area contributed by atoms with E-state index in [1.54, 1.807) is 30.3 Å². The molecule has 4 amide bonds. The van der Waals surface area contributed by atoms with Crippen molar-refractivity contribution in [2.24, 2.45) is 5.73 Å².